The molecule has 15 heteroatoms. The number of nitrogens with zero attached hydrogens (tertiary/aromatic N) is 5. The lowest BCUT2D eigenvalue weighted by Crippen LogP contribution is -2.56. The van der Waals surface area contributed by atoms with Crippen molar-refractivity contribution >= 4 is 58.9 Å². The van der Waals surface area contributed by atoms with Gasteiger partial charge in [0.2, 0.25) is 0 Å². The highest BCUT2D eigenvalue weighted by Crippen LogP contribution is 2.27. The molecule has 1 atom stereocenters. The van der Waals surface area contributed by atoms with Crippen molar-refractivity contribution in [2.45, 2.75) is 56.7 Å². The molecular formula is C35H46BBrN6O7. The molecule has 4 heterocycles. The summed E-state index contributed by atoms with van der Waals surface area (Å²) in [7, 11) is 1.78. The molecule has 50 heavy (non-hydrogen) atoms. The highest BCUT2D eigenvalue weighted by molar-refractivity contribution is 9.10. The SMILES string of the molecule is Bc1cc(C[C@@H](OC(=O)N2CCC(N3CCc4ccccc4NC3=O)CC2)C(=O)N2CCN(C3CCN(CC(=O)O)CC3)CC2)cc(Br)c1O. The summed E-state index contributed by atoms with van der Waals surface area (Å²) in [5, 5.41) is 22.4. The molecule has 0 aliphatic carbocycles. The lowest BCUT2D eigenvalue weighted by atomic mass is 9.91. The van der Waals surface area contributed by atoms with Crippen LogP contribution in [0.25, 0.3) is 0 Å². The number of para-hydroxylation sites is 1. The van der Waals surface area contributed by atoms with E-state index in [-0.39, 0.29) is 36.7 Å². The predicted octanol–water partition coefficient (Wildman–Crippen LogP) is 1.71. The van der Waals surface area contributed by atoms with Gasteiger partial charge in [0.15, 0.2) is 6.10 Å². The Morgan fingerprint density at radius 2 is 1.60 bits per heavy atom. The van der Waals surface area contributed by atoms with Gasteiger partial charge < -0.3 is 35.0 Å². The highest BCUT2D eigenvalue weighted by atomic mass is 79.9. The third-order valence-corrected chi connectivity index (χ3v) is 11.2. The molecule has 0 spiro atoms. The average molecular weight is 754 g/mol. The van der Waals surface area contributed by atoms with Crippen LogP contribution in [0.4, 0.5) is 15.3 Å². The van der Waals surface area contributed by atoms with E-state index >= 15 is 0 Å². The lowest BCUT2D eigenvalue weighted by Gasteiger charge is -2.43. The molecule has 3 fully saturated rings. The number of benzene rings is 2. The number of urea groups is 1. The Balaban J connectivity index is 1.06. The summed E-state index contributed by atoms with van der Waals surface area (Å²) >= 11 is 3.40. The number of rotatable bonds is 8. The Kier molecular flexibility index (Phi) is 11.5. The summed E-state index contributed by atoms with van der Waals surface area (Å²) in [6, 6.07) is 11.6. The number of hydrogen-bond acceptors (Lipinski definition) is 8. The Morgan fingerprint density at radius 3 is 2.28 bits per heavy atom. The van der Waals surface area contributed by atoms with E-state index in [0.717, 1.165) is 49.2 Å². The molecule has 4 aliphatic heterocycles. The van der Waals surface area contributed by atoms with Crippen LogP contribution in [0.5, 0.6) is 5.75 Å². The number of halogens is 1. The number of carboxylic acids is 1. The second-order valence-electron chi connectivity index (χ2n) is 13.8. The minimum atomic E-state index is -1.04. The number of carbonyl (C=O) groups is 4. The van der Waals surface area contributed by atoms with Crippen molar-refractivity contribution in [1.29, 1.82) is 0 Å². The number of phenolic OH excluding ortho intramolecular Hbond substituents is 1. The molecule has 0 unspecified atom stereocenters. The number of piperidine rings is 2. The zero-order valence-electron chi connectivity index (χ0n) is 28.6. The highest BCUT2D eigenvalue weighted by Gasteiger charge is 2.36. The number of hydrogen-bond donors (Lipinski definition) is 3. The molecular weight excluding hydrogens is 707 g/mol. The number of anilines is 1. The number of fused-ring (bicyclic) bond motifs is 1. The van der Waals surface area contributed by atoms with Crippen molar-refractivity contribution in [3.8, 4) is 5.75 Å². The fourth-order valence-electron chi connectivity index (χ4n) is 7.76. The number of likely N-dealkylation sites (tertiary alicyclic amines) is 2. The quantitative estimate of drug-likeness (QED) is 0.343. The van der Waals surface area contributed by atoms with Crippen LogP contribution in [0.3, 0.4) is 0 Å². The Labute approximate surface area is 302 Å². The van der Waals surface area contributed by atoms with Crippen molar-refractivity contribution in [3.05, 3.63) is 52.0 Å². The van der Waals surface area contributed by atoms with Gasteiger partial charge in [0.25, 0.3) is 5.91 Å². The summed E-state index contributed by atoms with van der Waals surface area (Å²) in [5.41, 5.74) is 3.36. The molecule has 0 bridgehead atoms. The van der Waals surface area contributed by atoms with E-state index < -0.39 is 18.2 Å². The molecule has 2 aromatic carbocycles. The number of phenols is 1. The number of ether oxygens (including phenoxy) is 1. The fourth-order valence-corrected chi connectivity index (χ4v) is 8.37. The number of amides is 4. The molecule has 0 radical (unpaired) electrons. The van der Waals surface area contributed by atoms with Crippen molar-refractivity contribution in [2.24, 2.45) is 0 Å². The van der Waals surface area contributed by atoms with Crippen LogP contribution in [-0.4, -0.2) is 150 Å². The van der Waals surface area contributed by atoms with E-state index in [0.29, 0.717) is 74.6 Å². The standard InChI is InChI=1S/C35H46BBrN6O7/c36-27-19-23(20-28(37)32(27)46)21-30(33(47)41-17-15-40(16-18-41)25-6-10-39(11-7-25)22-31(44)45)50-35(49)42-12-8-26(9-13-42)43-14-5-24-3-1-2-4-29(24)38-34(43)48/h1-4,19-20,25-26,30,46H,5-18,21-22,36H2,(H,38,48)(H,44,45)/t30-/m1/s1. The van der Waals surface area contributed by atoms with Crippen LogP contribution in [0.1, 0.15) is 36.8 Å². The monoisotopic (exact) mass is 752 g/mol. The Hall–Kier alpha value is -3.82. The zero-order valence-corrected chi connectivity index (χ0v) is 30.1. The van der Waals surface area contributed by atoms with Crippen LogP contribution in [-0.2, 0) is 27.2 Å². The van der Waals surface area contributed by atoms with Crippen LogP contribution in [0.15, 0.2) is 40.9 Å². The van der Waals surface area contributed by atoms with Gasteiger partial charge in [0.05, 0.1) is 11.0 Å². The first-order valence-corrected chi connectivity index (χ1v) is 18.4. The minimum absolute atomic E-state index is 0.0104. The maximum absolute atomic E-state index is 14.0. The molecule has 3 N–H and O–H groups in total. The van der Waals surface area contributed by atoms with Gasteiger partial charge in [0.1, 0.15) is 13.6 Å². The zero-order chi connectivity index (χ0) is 35.4. The molecule has 13 nitrogen and oxygen atoms in total. The smallest absolute Gasteiger partial charge is 0.410 e. The summed E-state index contributed by atoms with van der Waals surface area (Å²) < 4.78 is 6.54. The Morgan fingerprint density at radius 1 is 0.920 bits per heavy atom. The molecule has 2 aromatic rings. The number of carbonyl (C=O) groups excluding carboxylic acids is 3. The summed E-state index contributed by atoms with van der Waals surface area (Å²) in [4.78, 5) is 61.5. The van der Waals surface area contributed by atoms with Crippen molar-refractivity contribution in [1.82, 2.24) is 24.5 Å². The lowest BCUT2D eigenvalue weighted by molar-refractivity contribution is -0.143. The maximum Gasteiger partial charge on any atom is 0.410 e. The van der Waals surface area contributed by atoms with Crippen LogP contribution < -0.4 is 10.8 Å². The van der Waals surface area contributed by atoms with Crippen molar-refractivity contribution < 1.29 is 34.1 Å². The maximum atomic E-state index is 14.0. The van der Waals surface area contributed by atoms with Crippen molar-refractivity contribution in [3.63, 3.8) is 0 Å². The third kappa shape index (κ3) is 8.55. The van der Waals surface area contributed by atoms with E-state index in [4.69, 9.17) is 9.84 Å². The number of aliphatic carboxylic acids is 1. The fraction of sp³-hybridized carbons (Fsp3) is 0.543. The summed E-state index contributed by atoms with van der Waals surface area (Å²) in [6.07, 6.45) is 2.34. The van der Waals surface area contributed by atoms with Crippen molar-refractivity contribution in [2.75, 3.05) is 70.8 Å². The first kappa shape index (κ1) is 36.0. The van der Waals surface area contributed by atoms with Crippen LogP contribution in [0.2, 0.25) is 0 Å². The summed E-state index contributed by atoms with van der Waals surface area (Å²) in [6.45, 7) is 5.39. The molecule has 4 aliphatic rings. The van der Waals surface area contributed by atoms with Gasteiger partial charge in [0, 0.05) is 83.1 Å². The largest absolute Gasteiger partial charge is 0.507 e. The van der Waals surface area contributed by atoms with E-state index in [1.807, 2.05) is 34.1 Å². The molecule has 0 saturated carbocycles. The van der Waals surface area contributed by atoms with Gasteiger partial charge in [-0.2, -0.15) is 0 Å². The second-order valence-corrected chi connectivity index (χ2v) is 14.7. The van der Waals surface area contributed by atoms with Gasteiger partial charge >= 0.3 is 18.1 Å². The third-order valence-electron chi connectivity index (χ3n) is 10.6. The van der Waals surface area contributed by atoms with Gasteiger partial charge in [-0.1, -0.05) is 24.3 Å². The van der Waals surface area contributed by atoms with E-state index in [2.05, 4.69) is 26.1 Å². The molecule has 268 valence electrons. The molecule has 4 amide bonds. The molecule has 3 saturated heterocycles. The first-order valence-electron chi connectivity index (χ1n) is 17.6. The minimum Gasteiger partial charge on any atom is -0.507 e. The van der Waals surface area contributed by atoms with E-state index in [9.17, 15) is 24.3 Å². The predicted molar refractivity (Wildman–Crippen MR) is 194 cm³/mol. The summed E-state index contributed by atoms with van der Waals surface area (Å²) in [5.74, 6) is -0.922. The molecule has 6 rings (SSSR count). The van der Waals surface area contributed by atoms with Gasteiger partial charge in [-0.25, -0.2) is 9.59 Å². The Bertz CT molecular complexity index is 1550. The first-order chi connectivity index (χ1) is 24.0. The van der Waals surface area contributed by atoms with E-state index in [1.54, 1.807) is 29.8 Å². The van der Waals surface area contributed by atoms with Gasteiger partial charge in [-0.05, 0) is 76.8 Å². The molecule has 0 aromatic heterocycles. The normalized spacial score (nSPS) is 20.5. The number of piperazine rings is 1. The van der Waals surface area contributed by atoms with Crippen LogP contribution >= 0.6 is 15.9 Å². The number of carboxylic acid groups (broad SMARTS) is 1. The van der Waals surface area contributed by atoms with Crippen LogP contribution in [0, 0.1) is 0 Å². The second kappa shape index (κ2) is 16.0. The van der Waals surface area contributed by atoms with Gasteiger partial charge in [-0.3, -0.25) is 19.4 Å². The average Bonchev–Trinajstić information content (AvgIpc) is 3.28. The van der Waals surface area contributed by atoms with Gasteiger partial charge in [-0.15, -0.1) is 0 Å². The van der Waals surface area contributed by atoms with E-state index in [1.165, 1.54) is 0 Å². The topological polar surface area (TPSA) is 146 Å². The number of aromatic hydroxyl groups is 1. The number of nitrogens with one attached hydrogen (secondary N) is 1.